The number of Topliss-reactive ketones (excluding diaryl/α,β-unsaturated/α-hetero) is 1. The molecular formula is C17H22O4. The van der Waals surface area contributed by atoms with Gasteiger partial charge in [-0.15, -0.1) is 0 Å². The van der Waals surface area contributed by atoms with Crippen LogP contribution in [0.1, 0.15) is 39.2 Å². The highest BCUT2D eigenvalue weighted by Gasteiger charge is 2.37. The Balaban J connectivity index is 2.26. The topological polar surface area (TPSA) is 44.8 Å². The lowest BCUT2D eigenvalue weighted by atomic mass is 9.94. The van der Waals surface area contributed by atoms with E-state index in [4.69, 9.17) is 14.2 Å². The van der Waals surface area contributed by atoms with Gasteiger partial charge in [0.25, 0.3) is 0 Å². The third kappa shape index (κ3) is 3.20. The predicted octanol–water partition coefficient (Wildman–Crippen LogP) is 3.59. The van der Waals surface area contributed by atoms with E-state index in [0.29, 0.717) is 23.7 Å². The minimum absolute atomic E-state index is 0.0211. The fourth-order valence-electron chi connectivity index (χ4n) is 2.12. The third-order valence-electron chi connectivity index (χ3n) is 3.49. The Hall–Kier alpha value is -1.97. The van der Waals surface area contributed by atoms with Crippen molar-refractivity contribution < 1.29 is 19.0 Å². The first kappa shape index (κ1) is 15.4. The average Bonchev–Trinajstić information content (AvgIpc) is 2.74. The molecule has 0 unspecified atom stereocenters. The summed E-state index contributed by atoms with van der Waals surface area (Å²) in [5.74, 6) is 1.30. The van der Waals surface area contributed by atoms with Gasteiger partial charge in [0, 0.05) is 0 Å². The Kier molecular flexibility index (Phi) is 4.56. The molecule has 0 aromatic heterocycles. The highest BCUT2D eigenvalue weighted by atomic mass is 16.5. The van der Waals surface area contributed by atoms with Crippen LogP contribution in [0, 0.1) is 0 Å². The molecule has 1 aliphatic rings. The largest absolute Gasteiger partial charge is 0.493 e. The number of carbonyl (C=O) groups excluding carboxylic acids is 1. The number of ketones is 1. The fraction of sp³-hybridized carbons (Fsp3) is 0.471. The maximum atomic E-state index is 12.3. The summed E-state index contributed by atoms with van der Waals surface area (Å²) in [5, 5.41) is 0. The van der Waals surface area contributed by atoms with E-state index in [1.807, 2.05) is 18.2 Å². The second kappa shape index (κ2) is 6.20. The zero-order valence-corrected chi connectivity index (χ0v) is 13.1. The average molecular weight is 290 g/mol. The van der Waals surface area contributed by atoms with Crippen molar-refractivity contribution in [3.05, 3.63) is 30.0 Å². The van der Waals surface area contributed by atoms with Crippen LogP contribution < -0.4 is 9.47 Å². The van der Waals surface area contributed by atoms with Crippen molar-refractivity contribution in [2.24, 2.45) is 0 Å². The zero-order chi connectivity index (χ0) is 15.5. The molecule has 0 spiro atoms. The molecule has 1 aromatic carbocycles. The van der Waals surface area contributed by atoms with Crippen LogP contribution in [0.2, 0.25) is 0 Å². The Bertz CT molecular complexity index is 558. The van der Waals surface area contributed by atoms with Gasteiger partial charge in [0.2, 0.25) is 5.78 Å². The van der Waals surface area contributed by atoms with Crippen molar-refractivity contribution in [2.75, 3.05) is 13.7 Å². The SMILES string of the molecule is CCCCOc1cc(C2=COC(C)(C)C2=O)ccc1OC. The lowest BCUT2D eigenvalue weighted by molar-refractivity contribution is -0.125. The van der Waals surface area contributed by atoms with Crippen LogP contribution in [0.25, 0.3) is 5.57 Å². The zero-order valence-electron chi connectivity index (χ0n) is 13.1. The summed E-state index contributed by atoms with van der Waals surface area (Å²) in [7, 11) is 1.61. The number of unbranched alkanes of at least 4 members (excludes halogenated alkanes) is 1. The summed E-state index contributed by atoms with van der Waals surface area (Å²) in [4.78, 5) is 12.3. The van der Waals surface area contributed by atoms with Gasteiger partial charge in [-0.25, -0.2) is 0 Å². The summed E-state index contributed by atoms with van der Waals surface area (Å²) >= 11 is 0. The van der Waals surface area contributed by atoms with Crippen LogP contribution in [-0.2, 0) is 9.53 Å². The molecule has 1 aromatic rings. The van der Waals surface area contributed by atoms with E-state index >= 15 is 0 Å². The van der Waals surface area contributed by atoms with Crippen LogP contribution in [0.3, 0.4) is 0 Å². The second-order valence-electron chi connectivity index (χ2n) is 5.56. The number of benzene rings is 1. The fourth-order valence-corrected chi connectivity index (χ4v) is 2.12. The summed E-state index contributed by atoms with van der Waals surface area (Å²) in [6.07, 6.45) is 3.57. The quantitative estimate of drug-likeness (QED) is 0.751. The van der Waals surface area contributed by atoms with Gasteiger partial charge in [0.1, 0.15) is 0 Å². The Morgan fingerprint density at radius 1 is 1.24 bits per heavy atom. The molecule has 2 rings (SSSR count). The lowest BCUT2D eigenvalue weighted by Gasteiger charge is -2.16. The third-order valence-corrected chi connectivity index (χ3v) is 3.49. The predicted molar refractivity (Wildman–Crippen MR) is 81.5 cm³/mol. The normalized spacial score (nSPS) is 16.4. The van der Waals surface area contributed by atoms with E-state index in [1.54, 1.807) is 21.0 Å². The van der Waals surface area contributed by atoms with E-state index in [9.17, 15) is 4.79 Å². The van der Waals surface area contributed by atoms with Crippen molar-refractivity contribution in [3.63, 3.8) is 0 Å². The van der Waals surface area contributed by atoms with Crippen LogP contribution in [0.4, 0.5) is 0 Å². The van der Waals surface area contributed by atoms with Gasteiger partial charge < -0.3 is 14.2 Å². The van der Waals surface area contributed by atoms with E-state index in [0.717, 1.165) is 18.4 Å². The summed E-state index contributed by atoms with van der Waals surface area (Å²) in [5.41, 5.74) is 0.569. The second-order valence-corrected chi connectivity index (χ2v) is 5.56. The van der Waals surface area contributed by atoms with Crippen molar-refractivity contribution in [3.8, 4) is 11.5 Å². The van der Waals surface area contributed by atoms with Crippen LogP contribution in [0.5, 0.6) is 11.5 Å². The highest BCUT2D eigenvalue weighted by molar-refractivity contribution is 6.25. The van der Waals surface area contributed by atoms with Gasteiger partial charge in [-0.1, -0.05) is 19.4 Å². The molecular weight excluding hydrogens is 268 g/mol. The molecule has 1 heterocycles. The van der Waals surface area contributed by atoms with E-state index in [1.165, 1.54) is 6.26 Å². The molecule has 0 aliphatic carbocycles. The van der Waals surface area contributed by atoms with Crippen molar-refractivity contribution >= 4 is 11.4 Å². The van der Waals surface area contributed by atoms with Gasteiger partial charge in [0.15, 0.2) is 17.1 Å². The van der Waals surface area contributed by atoms with E-state index < -0.39 is 5.60 Å². The van der Waals surface area contributed by atoms with Gasteiger partial charge >= 0.3 is 0 Å². The van der Waals surface area contributed by atoms with Gasteiger partial charge in [-0.3, -0.25) is 4.79 Å². The number of methoxy groups -OCH3 is 1. The molecule has 0 atom stereocenters. The van der Waals surface area contributed by atoms with Crippen molar-refractivity contribution in [1.29, 1.82) is 0 Å². The molecule has 0 saturated heterocycles. The molecule has 1 aliphatic heterocycles. The van der Waals surface area contributed by atoms with Crippen LogP contribution in [-0.4, -0.2) is 25.1 Å². The molecule has 0 amide bonds. The summed E-state index contributed by atoms with van der Waals surface area (Å²) < 4.78 is 16.5. The van der Waals surface area contributed by atoms with Crippen LogP contribution >= 0.6 is 0 Å². The van der Waals surface area contributed by atoms with E-state index in [-0.39, 0.29) is 5.78 Å². The van der Waals surface area contributed by atoms with Gasteiger partial charge in [-0.05, 0) is 38.0 Å². The standard InChI is InChI=1S/C17H22O4/c1-5-6-9-20-15-10-12(7-8-14(15)19-4)13-11-21-17(2,3)16(13)18/h7-8,10-11H,5-6,9H2,1-4H3. The van der Waals surface area contributed by atoms with Crippen molar-refractivity contribution in [2.45, 2.75) is 39.2 Å². The first-order valence-corrected chi connectivity index (χ1v) is 7.23. The maximum Gasteiger partial charge on any atom is 0.209 e. The number of carbonyl (C=O) groups is 1. The van der Waals surface area contributed by atoms with Crippen molar-refractivity contribution in [1.82, 2.24) is 0 Å². The molecule has 21 heavy (non-hydrogen) atoms. The molecule has 0 N–H and O–H groups in total. The van der Waals surface area contributed by atoms with E-state index in [2.05, 4.69) is 6.92 Å². The Morgan fingerprint density at radius 3 is 2.57 bits per heavy atom. The minimum atomic E-state index is -0.793. The maximum absolute atomic E-state index is 12.3. The molecule has 114 valence electrons. The van der Waals surface area contributed by atoms with Crippen LogP contribution in [0.15, 0.2) is 24.5 Å². The number of ether oxygens (including phenoxy) is 3. The highest BCUT2D eigenvalue weighted by Crippen LogP contribution is 2.35. The monoisotopic (exact) mass is 290 g/mol. The number of hydrogen-bond acceptors (Lipinski definition) is 4. The number of hydrogen-bond donors (Lipinski definition) is 0. The molecule has 0 fully saturated rings. The molecule has 0 bridgehead atoms. The molecule has 4 nitrogen and oxygen atoms in total. The molecule has 0 saturated carbocycles. The lowest BCUT2D eigenvalue weighted by Crippen LogP contribution is -2.28. The summed E-state index contributed by atoms with van der Waals surface area (Å²) in [6.45, 7) is 6.27. The molecule has 0 radical (unpaired) electrons. The van der Waals surface area contributed by atoms with Gasteiger partial charge in [0.05, 0.1) is 25.6 Å². The Labute approximate surface area is 125 Å². The Morgan fingerprint density at radius 2 is 2.00 bits per heavy atom. The smallest absolute Gasteiger partial charge is 0.209 e. The summed E-state index contributed by atoms with van der Waals surface area (Å²) in [6, 6.07) is 5.50. The first-order valence-electron chi connectivity index (χ1n) is 7.23. The number of rotatable bonds is 6. The van der Waals surface area contributed by atoms with Gasteiger partial charge in [-0.2, -0.15) is 0 Å². The minimum Gasteiger partial charge on any atom is -0.493 e. The molecule has 4 heteroatoms. The first-order chi connectivity index (χ1) is 9.99.